The molecule has 0 bridgehead atoms. The summed E-state index contributed by atoms with van der Waals surface area (Å²) in [4.78, 5) is 11.9. The number of rotatable bonds is 5. The summed E-state index contributed by atoms with van der Waals surface area (Å²) in [6.07, 6.45) is 0. The van der Waals surface area contributed by atoms with Crippen molar-refractivity contribution in [2.24, 2.45) is 0 Å². The number of nitrogens with one attached hydrogen (secondary N) is 2. The summed E-state index contributed by atoms with van der Waals surface area (Å²) in [7, 11) is 0. The monoisotopic (exact) mass is 260 g/mol. The van der Waals surface area contributed by atoms with Crippen molar-refractivity contribution in [2.45, 2.75) is 19.5 Å². The minimum Gasteiger partial charge on any atom is -0.325 e. The van der Waals surface area contributed by atoms with Gasteiger partial charge in [0.15, 0.2) is 0 Å². The Kier molecular flexibility index (Phi) is 4.50. The van der Waals surface area contributed by atoms with Gasteiger partial charge < -0.3 is 10.6 Å². The predicted molar refractivity (Wildman–Crippen MR) is 75.7 cm³/mol. The van der Waals surface area contributed by atoms with Crippen molar-refractivity contribution in [3.8, 4) is 0 Å². The molecule has 0 aliphatic heterocycles. The summed E-state index contributed by atoms with van der Waals surface area (Å²) < 4.78 is 0. The number of benzene rings is 1. The topological polar surface area (TPSA) is 41.1 Å². The standard InChI is InChI=1S/C14H16N2OS/c1-11(15-9-12-7-8-18-10-12)14(17)16-13-5-3-2-4-6-13/h2-8,10-11,15H,9H2,1H3,(H,16,17). The number of anilines is 1. The van der Waals surface area contributed by atoms with Crippen LogP contribution in [0.1, 0.15) is 12.5 Å². The maximum atomic E-state index is 11.9. The van der Waals surface area contributed by atoms with Gasteiger partial charge in [0, 0.05) is 12.2 Å². The summed E-state index contributed by atoms with van der Waals surface area (Å²) >= 11 is 1.66. The number of hydrogen-bond acceptors (Lipinski definition) is 3. The minimum absolute atomic E-state index is 0.0172. The summed E-state index contributed by atoms with van der Waals surface area (Å²) in [6, 6.07) is 11.3. The van der Waals surface area contributed by atoms with E-state index in [2.05, 4.69) is 22.1 Å². The number of para-hydroxylation sites is 1. The molecule has 94 valence electrons. The van der Waals surface area contributed by atoms with Crippen LogP contribution in [0.5, 0.6) is 0 Å². The summed E-state index contributed by atoms with van der Waals surface area (Å²) in [5.41, 5.74) is 2.03. The molecule has 1 heterocycles. The van der Waals surface area contributed by atoms with E-state index in [0.717, 1.165) is 5.69 Å². The number of amides is 1. The Balaban J connectivity index is 1.82. The van der Waals surface area contributed by atoms with Gasteiger partial charge in [-0.2, -0.15) is 11.3 Å². The Morgan fingerprint density at radius 1 is 1.28 bits per heavy atom. The third-order valence-electron chi connectivity index (χ3n) is 2.63. The Hall–Kier alpha value is -1.65. The maximum absolute atomic E-state index is 11.9. The molecule has 0 radical (unpaired) electrons. The molecule has 0 saturated carbocycles. The Bertz CT molecular complexity index is 482. The van der Waals surface area contributed by atoms with Gasteiger partial charge in [0.05, 0.1) is 6.04 Å². The van der Waals surface area contributed by atoms with Crippen molar-refractivity contribution in [1.82, 2.24) is 5.32 Å². The molecule has 1 aromatic heterocycles. The molecule has 1 unspecified atom stereocenters. The van der Waals surface area contributed by atoms with Gasteiger partial charge in [0.1, 0.15) is 0 Å². The Morgan fingerprint density at radius 3 is 2.72 bits per heavy atom. The van der Waals surface area contributed by atoms with Crippen LogP contribution in [0, 0.1) is 0 Å². The third-order valence-corrected chi connectivity index (χ3v) is 3.36. The van der Waals surface area contributed by atoms with Crippen LogP contribution >= 0.6 is 11.3 Å². The van der Waals surface area contributed by atoms with Gasteiger partial charge in [-0.1, -0.05) is 18.2 Å². The fraction of sp³-hybridized carbons (Fsp3) is 0.214. The van der Waals surface area contributed by atoms with Crippen LogP contribution in [0.3, 0.4) is 0 Å². The SMILES string of the molecule is CC(NCc1ccsc1)C(=O)Nc1ccccc1. The van der Waals surface area contributed by atoms with Crippen molar-refractivity contribution in [3.05, 3.63) is 52.7 Å². The lowest BCUT2D eigenvalue weighted by atomic mass is 10.2. The third kappa shape index (κ3) is 3.68. The van der Waals surface area contributed by atoms with Gasteiger partial charge in [-0.15, -0.1) is 0 Å². The average Bonchev–Trinajstić information content (AvgIpc) is 2.90. The van der Waals surface area contributed by atoms with E-state index in [9.17, 15) is 4.79 Å². The summed E-state index contributed by atoms with van der Waals surface area (Å²) in [5.74, 6) is -0.0172. The second-order valence-corrected chi connectivity index (χ2v) is 4.87. The van der Waals surface area contributed by atoms with Gasteiger partial charge in [-0.05, 0) is 41.4 Å². The highest BCUT2D eigenvalue weighted by Gasteiger charge is 2.11. The molecule has 0 fully saturated rings. The molecular formula is C14H16N2OS. The summed E-state index contributed by atoms with van der Waals surface area (Å²) in [5, 5.41) is 10.2. The van der Waals surface area contributed by atoms with Crippen LogP contribution < -0.4 is 10.6 Å². The first-order valence-corrected chi connectivity index (χ1v) is 6.80. The fourth-order valence-electron chi connectivity index (χ4n) is 1.53. The van der Waals surface area contributed by atoms with Crippen molar-refractivity contribution in [3.63, 3.8) is 0 Å². The molecule has 0 spiro atoms. The van der Waals surface area contributed by atoms with Gasteiger partial charge in [0.2, 0.25) is 5.91 Å². The van der Waals surface area contributed by atoms with E-state index in [1.54, 1.807) is 11.3 Å². The highest BCUT2D eigenvalue weighted by atomic mass is 32.1. The maximum Gasteiger partial charge on any atom is 0.241 e. The molecular weight excluding hydrogens is 244 g/mol. The molecule has 18 heavy (non-hydrogen) atoms. The first-order valence-electron chi connectivity index (χ1n) is 5.86. The van der Waals surface area contributed by atoms with Crippen LogP contribution in [0.15, 0.2) is 47.2 Å². The smallest absolute Gasteiger partial charge is 0.241 e. The van der Waals surface area contributed by atoms with Gasteiger partial charge in [0.25, 0.3) is 0 Å². The lowest BCUT2D eigenvalue weighted by Gasteiger charge is -2.13. The largest absolute Gasteiger partial charge is 0.325 e. The zero-order valence-corrected chi connectivity index (χ0v) is 11.0. The fourth-order valence-corrected chi connectivity index (χ4v) is 2.20. The summed E-state index contributed by atoms with van der Waals surface area (Å²) in [6.45, 7) is 2.58. The number of hydrogen-bond donors (Lipinski definition) is 2. The van der Waals surface area contributed by atoms with Crippen LogP contribution in [-0.2, 0) is 11.3 Å². The highest BCUT2D eigenvalue weighted by Crippen LogP contribution is 2.07. The first kappa shape index (κ1) is 12.8. The Morgan fingerprint density at radius 2 is 2.06 bits per heavy atom. The quantitative estimate of drug-likeness (QED) is 0.868. The van der Waals surface area contributed by atoms with Crippen LogP contribution in [0.25, 0.3) is 0 Å². The van der Waals surface area contributed by atoms with Crippen molar-refractivity contribution >= 4 is 22.9 Å². The van der Waals surface area contributed by atoms with Crippen LogP contribution in [-0.4, -0.2) is 11.9 Å². The number of carbonyl (C=O) groups is 1. The van der Waals surface area contributed by atoms with Crippen LogP contribution in [0.4, 0.5) is 5.69 Å². The molecule has 0 aliphatic rings. The molecule has 1 atom stereocenters. The Labute approximate surface area is 111 Å². The zero-order chi connectivity index (χ0) is 12.8. The molecule has 2 N–H and O–H groups in total. The zero-order valence-electron chi connectivity index (χ0n) is 10.2. The van der Waals surface area contributed by atoms with Crippen LogP contribution in [0.2, 0.25) is 0 Å². The second-order valence-electron chi connectivity index (χ2n) is 4.09. The van der Waals surface area contributed by atoms with Gasteiger partial charge >= 0.3 is 0 Å². The van der Waals surface area contributed by atoms with E-state index in [-0.39, 0.29) is 11.9 Å². The van der Waals surface area contributed by atoms with E-state index in [0.29, 0.717) is 6.54 Å². The molecule has 2 aromatic rings. The lowest BCUT2D eigenvalue weighted by Crippen LogP contribution is -2.37. The molecule has 1 amide bonds. The van der Waals surface area contributed by atoms with E-state index < -0.39 is 0 Å². The van der Waals surface area contributed by atoms with E-state index in [1.807, 2.05) is 42.6 Å². The van der Waals surface area contributed by atoms with E-state index in [4.69, 9.17) is 0 Å². The van der Waals surface area contributed by atoms with Crippen molar-refractivity contribution in [2.75, 3.05) is 5.32 Å². The number of carbonyl (C=O) groups excluding carboxylic acids is 1. The molecule has 2 rings (SSSR count). The first-order chi connectivity index (χ1) is 8.75. The van der Waals surface area contributed by atoms with Gasteiger partial charge in [-0.3, -0.25) is 4.79 Å². The average molecular weight is 260 g/mol. The minimum atomic E-state index is -0.217. The molecule has 0 saturated heterocycles. The van der Waals surface area contributed by atoms with Gasteiger partial charge in [-0.25, -0.2) is 0 Å². The second kappa shape index (κ2) is 6.33. The molecule has 0 aliphatic carbocycles. The highest BCUT2D eigenvalue weighted by molar-refractivity contribution is 7.07. The molecule has 1 aromatic carbocycles. The van der Waals surface area contributed by atoms with Crippen molar-refractivity contribution < 1.29 is 4.79 Å². The molecule has 4 heteroatoms. The lowest BCUT2D eigenvalue weighted by molar-refractivity contribution is -0.117. The van der Waals surface area contributed by atoms with Crippen molar-refractivity contribution in [1.29, 1.82) is 0 Å². The number of thiophene rings is 1. The molecule has 3 nitrogen and oxygen atoms in total. The van der Waals surface area contributed by atoms with E-state index >= 15 is 0 Å². The predicted octanol–water partition coefficient (Wildman–Crippen LogP) is 2.86. The van der Waals surface area contributed by atoms with E-state index in [1.165, 1.54) is 5.56 Å². The normalized spacial score (nSPS) is 12.1.